The molecule has 0 aliphatic carbocycles. The Labute approximate surface area is 120 Å². The monoisotopic (exact) mass is 325 g/mol. The van der Waals surface area contributed by atoms with Crippen LogP contribution in [0.2, 0.25) is 0 Å². The second kappa shape index (κ2) is 6.45. The number of unbranched alkanes of at least 4 members (excludes halogenated alkanes) is 1. The molecule has 0 fully saturated rings. The Bertz CT molecular complexity index is 507. The number of hydrogen-bond acceptors (Lipinski definition) is 3. The molecule has 4 heteroatoms. The van der Waals surface area contributed by atoms with Gasteiger partial charge in [0, 0.05) is 5.56 Å². The molecule has 0 radical (unpaired) electrons. The zero-order valence-corrected chi connectivity index (χ0v) is 12.7. The predicted molar refractivity (Wildman–Crippen MR) is 79.8 cm³/mol. The fraction of sp³-hybridized carbons (Fsp3) is 0.357. The number of rotatable bonds is 5. The van der Waals surface area contributed by atoms with Crippen molar-refractivity contribution in [1.82, 2.24) is 4.98 Å². The minimum Gasteiger partial charge on any atom is -0.391 e. The van der Waals surface area contributed by atoms with Crippen LogP contribution in [0.3, 0.4) is 0 Å². The van der Waals surface area contributed by atoms with Crippen molar-refractivity contribution in [1.29, 1.82) is 0 Å². The maximum Gasteiger partial charge on any atom is 0.160 e. The van der Waals surface area contributed by atoms with Crippen LogP contribution in [-0.4, -0.2) is 10.1 Å². The van der Waals surface area contributed by atoms with Crippen LogP contribution in [-0.2, 0) is 13.0 Å². The molecular formula is C14H16BrNOS. The number of thiazole rings is 1. The van der Waals surface area contributed by atoms with Crippen molar-refractivity contribution in [3.8, 4) is 11.3 Å². The summed E-state index contributed by atoms with van der Waals surface area (Å²) in [6, 6.07) is 8.48. The molecule has 96 valence electrons. The quantitative estimate of drug-likeness (QED) is 0.883. The van der Waals surface area contributed by atoms with E-state index < -0.39 is 0 Å². The Morgan fingerprint density at radius 1 is 1.28 bits per heavy atom. The molecular weight excluding hydrogens is 310 g/mol. The first kappa shape index (κ1) is 13.7. The average Bonchev–Trinajstić information content (AvgIpc) is 2.78. The van der Waals surface area contributed by atoms with E-state index in [2.05, 4.69) is 52.1 Å². The van der Waals surface area contributed by atoms with E-state index in [0.29, 0.717) is 0 Å². The summed E-state index contributed by atoms with van der Waals surface area (Å²) in [5, 5.41) is 9.31. The summed E-state index contributed by atoms with van der Waals surface area (Å²) in [5.74, 6) is 0. The Kier molecular flexibility index (Phi) is 4.92. The van der Waals surface area contributed by atoms with Gasteiger partial charge in [0.25, 0.3) is 0 Å². The van der Waals surface area contributed by atoms with Crippen molar-refractivity contribution < 1.29 is 5.11 Å². The lowest BCUT2D eigenvalue weighted by molar-refractivity contribution is 0.286. The summed E-state index contributed by atoms with van der Waals surface area (Å²) in [7, 11) is 0. The Balaban J connectivity index is 2.22. The number of benzene rings is 1. The van der Waals surface area contributed by atoms with Gasteiger partial charge in [0.2, 0.25) is 0 Å². The normalized spacial score (nSPS) is 10.8. The molecule has 0 aliphatic heterocycles. The van der Waals surface area contributed by atoms with Gasteiger partial charge in [-0.2, -0.15) is 0 Å². The molecule has 0 amide bonds. The van der Waals surface area contributed by atoms with Crippen molar-refractivity contribution >= 4 is 27.3 Å². The molecule has 0 saturated heterocycles. The van der Waals surface area contributed by atoms with Crippen LogP contribution in [0.4, 0.5) is 0 Å². The topological polar surface area (TPSA) is 33.1 Å². The average molecular weight is 326 g/mol. The molecule has 18 heavy (non-hydrogen) atoms. The van der Waals surface area contributed by atoms with E-state index in [-0.39, 0.29) is 6.61 Å². The first-order chi connectivity index (χ1) is 8.74. The highest BCUT2D eigenvalue weighted by molar-refractivity contribution is 9.11. The summed E-state index contributed by atoms with van der Waals surface area (Å²) >= 11 is 4.85. The van der Waals surface area contributed by atoms with Crippen LogP contribution < -0.4 is 0 Å². The number of nitrogens with zero attached hydrogens (tertiary/aromatic N) is 1. The second-order valence-corrected chi connectivity index (χ2v) is 6.56. The third-order valence-corrected chi connectivity index (χ3v) is 4.35. The minimum atomic E-state index is 0.0379. The van der Waals surface area contributed by atoms with Crippen molar-refractivity contribution in [2.45, 2.75) is 32.8 Å². The third kappa shape index (κ3) is 3.19. The van der Waals surface area contributed by atoms with Gasteiger partial charge in [-0.15, -0.1) is 11.3 Å². The molecule has 2 nitrogen and oxygen atoms in total. The number of aliphatic hydroxyl groups is 1. The summed E-state index contributed by atoms with van der Waals surface area (Å²) in [4.78, 5) is 5.32. The largest absolute Gasteiger partial charge is 0.391 e. The zero-order chi connectivity index (χ0) is 13.0. The molecule has 1 aromatic carbocycles. The fourth-order valence-electron chi connectivity index (χ4n) is 1.87. The summed E-state index contributed by atoms with van der Waals surface area (Å²) in [6.45, 7) is 2.24. The van der Waals surface area contributed by atoms with E-state index in [1.807, 2.05) is 0 Å². The molecule has 1 aromatic heterocycles. The van der Waals surface area contributed by atoms with Crippen LogP contribution in [0.15, 0.2) is 28.2 Å². The molecule has 1 heterocycles. The van der Waals surface area contributed by atoms with Crippen LogP contribution in [0.1, 0.15) is 30.2 Å². The number of halogens is 1. The van der Waals surface area contributed by atoms with E-state index in [9.17, 15) is 5.11 Å². The molecule has 1 N–H and O–H groups in total. The maximum absolute atomic E-state index is 9.31. The van der Waals surface area contributed by atoms with Gasteiger partial charge in [0.15, 0.2) is 3.92 Å². The highest BCUT2D eigenvalue weighted by Gasteiger charge is 2.10. The smallest absolute Gasteiger partial charge is 0.160 e. The fourth-order valence-corrected chi connectivity index (χ4v) is 3.29. The van der Waals surface area contributed by atoms with E-state index in [1.54, 1.807) is 0 Å². The second-order valence-electron chi connectivity index (χ2n) is 4.20. The number of aromatic nitrogens is 1. The van der Waals surface area contributed by atoms with E-state index >= 15 is 0 Å². The van der Waals surface area contributed by atoms with E-state index in [4.69, 9.17) is 0 Å². The molecule has 0 saturated carbocycles. The maximum atomic E-state index is 9.31. The molecule has 2 aromatic rings. The Morgan fingerprint density at radius 2 is 2.00 bits per heavy atom. The van der Waals surface area contributed by atoms with Gasteiger partial charge in [0.1, 0.15) is 0 Å². The first-order valence-electron chi connectivity index (χ1n) is 6.10. The summed E-state index contributed by atoms with van der Waals surface area (Å²) < 4.78 is 0.816. The van der Waals surface area contributed by atoms with E-state index in [1.165, 1.54) is 29.7 Å². The van der Waals surface area contributed by atoms with Gasteiger partial charge in [-0.1, -0.05) is 37.6 Å². The van der Waals surface area contributed by atoms with Gasteiger partial charge in [-0.05, 0) is 34.3 Å². The van der Waals surface area contributed by atoms with Crippen LogP contribution >= 0.6 is 27.3 Å². The molecule has 0 bridgehead atoms. The summed E-state index contributed by atoms with van der Waals surface area (Å²) in [5.41, 5.74) is 3.32. The molecule has 0 unspecified atom stereocenters. The highest BCUT2D eigenvalue weighted by Crippen LogP contribution is 2.31. The summed E-state index contributed by atoms with van der Waals surface area (Å²) in [6.07, 6.45) is 3.57. The predicted octanol–water partition coefficient (Wildman–Crippen LogP) is 4.41. The van der Waals surface area contributed by atoms with Gasteiger partial charge >= 0.3 is 0 Å². The minimum absolute atomic E-state index is 0.0379. The van der Waals surface area contributed by atoms with Crippen molar-refractivity contribution in [2.24, 2.45) is 0 Å². The Morgan fingerprint density at radius 3 is 2.61 bits per heavy atom. The van der Waals surface area contributed by atoms with Crippen molar-refractivity contribution in [3.63, 3.8) is 0 Å². The van der Waals surface area contributed by atoms with Crippen molar-refractivity contribution in [3.05, 3.63) is 38.6 Å². The van der Waals surface area contributed by atoms with Crippen molar-refractivity contribution in [2.75, 3.05) is 0 Å². The van der Waals surface area contributed by atoms with Gasteiger partial charge in [-0.25, -0.2) is 4.98 Å². The molecule has 0 spiro atoms. The highest BCUT2D eigenvalue weighted by atomic mass is 79.9. The molecule has 2 rings (SSSR count). The lowest BCUT2D eigenvalue weighted by Gasteiger charge is -2.03. The number of aryl methyl sites for hydroxylation is 1. The lowest BCUT2D eigenvalue weighted by Crippen LogP contribution is -1.88. The van der Waals surface area contributed by atoms with Crippen LogP contribution in [0.25, 0.3) is 11.3 Å². The van der Waals surface area contributed by atoms with Crippen LogP contribution in [0.5, 0.6) is 0 Å². The third-order valence-electron chi connectivity index (χ3n) is 2.86. The van der Waals surface area contributed by atoms with Gasteiger partial charge < -0.3 is 5.11 Å². The Hall–Kier alpha value is -0.710. The van der Waals surface area contributed by atoms with E-state index in [0.717, 1.165) is 26.5 Å². The van der Waals surface area contributed by atoms with Gasteiger partial charge in [-0.3, -0.25) is 0 Å². The standard InChI is InChI=1S/C14H16BrNOS/c1-2-3-4-10-5-7-11(8-6-10)13-12(9-17)18-14(15)16-13/h5-8,17H,2-4,9H2,1H3. The number of hydrogen-bond donors (Lipinski definition) is 1. The van der Waals surface area contributed by atoms with Crippen LogP contribution in [0, 0.1) is 0 Å². The zero-order valence-electron chi connectivity index (χ0n) is 10.3. The lowest BCUT2D eigenvalue weighted by atomic mass is 10.0. The molecule has 0 atom stereocenters. The first-order valence-corrected chi connectivity index (χ1v) is 7.71. The molecule has 0 aliphatic rings. The SMILES string of the molecule is CCCCc1ccc(-c2nc(Br)sc2CO)cc1. The number of aliphatic hydroxyl groups excluding tert-OH is 1. The van der Waals surface area contributed by atoms with Gasteiger partial charge in [0.05, 0.1) is 17.2 Å².